The van der Waals surface area contributed by atoms with E-state index in [2.05, 4.69) is 46.5 Å². The number of hydrogen-bond donors (Lipinski definition) is 6. The summed E-state index contributed by atoms with van der Waals surface area (Å²) in [7, 11) is 1.79. The molecular formula is C43H48FN11O4S. The van der Waals surface area contributed by atoms with Crippen LogP contribution in [0.5, 0.6) is 0 Å². The summed E-state index contributed by atoms with van der Waals surface area (Å²) in [5.41, 5.74) is 6.58. The van der Waals surface area contributed by atoms with Gasteiger partial charge in [-0.05, 0) is 53.3 Å². The quantitative estimate of drug-likeness (QED) is 0.0943. The molecule has 5 heterocycles. The van der Waals surface area contributed by atoms with E-state index in [-0.39, 0.29) is 30.2 Å². The number of aryl methyl sites for hydroxylation is 2. The Morgan fingerprint density at radius 1 is 1.07 bits per heavy atom. The maximum atomic E-state index is 14.7. The van der Waals surface area contributed by atoms with Crippen LogP contribution in [-0.2, 0) is 23.2 Å². The van der Waals surface area contributed by atoms with Crippen molar-refractivity contribution in [1.82, 2.24) is 45.5 Å². The number of β-amino-alcohol motifs (C(OH)–C–C–N with tert-alkyl or cyclic N) is 1. The first-order valence-electron chi connectivity index (χ1n) is 19.9. The van der Waals surface area contributed by atoms with Crippen molar-refractivity contribution in [2.24, 2.45) is 12.5 Å². The highest BCUT2D eigenvalue weighted by molar-refractivity contribution is 7.13. The summed E-state index contributed by atoms with van der Waals surface area (Å²) >= 11 is 1.59. The van der Waals surface area contributed by atoms with Crippen molar-refractivity contribution in [2.75, 3.05) is 30.3 Å². The van der Waals surface area contributed by atoms with Crippen LogP contribution in [0.3, 0.4) is 0 Å². The van der Waals surface area contributed by atoms with E-state index in [1.165, 1.54) is 23.4 Å². The Morgan fingerprint density at radius 2 is 1.83 bits per heavy atom. The van der Waals surface area contributed by atoms with Crippen LogP contribution in [-0.4, -0.2) is 89.6 Å². The molecule has 0 aliphatic carbocycles. The number of carbonyl (C=O) groups is 2. The molecule has 2 amide bonds. The smallest absolute Gasteiger partial charge is 0.272 e. The molecule has 1 saturated heterocycles. The predicted octanol–water partition coefficient (Wildman–Crippen LogP) is 4.62. The molecule has 6 aromatic rings. The predicted molar refractivity (Wildman–Crippen MR) is 228 cm³/mol. The molecule has 17 heteroatoms. The standard InChI is InChI=1S/C43H48FN11O4S/c1-23-37(60-22-49-23)26-8-6-24(7-9-26)19-47-41(58)32-18-29(56)20-55(32)42(59)38(43(2,3)4)46-15-14-45-28-12-10-25(11-13-28)35-34(39-48-21-50-54(39)5)36-33-30(40(57)53-52-36)16-27(44)17-31(33)51-35/h6-13,16-17,21-22,29,32,34-35,38,45-46,51,56H,14-15,18-20H2,1-5H3,(H,47,58)(H,53,57)/t29-,32+,34-,35?,38?/m1/s1. The van der Waals surface area contributed by atoms with Crippen molar-refractivity contribution >= 4 is 45.3 Å². The molecule has 0 radical (unpaired) electrons. The number of aromatic nitrogens is 6. The molecule has 0 spiro atoms. The molecule has 0 saturated carbocycles. The Balaban J connectivity index is 0.900. The van der Waals surface area contributed by atoms with Gasteiger partial charge in [0.05, 0.1) is 51.3 Å². The van der Waals surface area contributed by atoms with Gasteiger partial charge in [0, 0.05) is 56.4 Å². The zero-order valence-corrected chi connectivity index (χ0v) is 34.8. The maximum Gasteiger partial charge on any atom is 0.272 e. The number of thiazole rings is 1. The Morgan fingerprint density at radius 3 is 2.52 bits per heavy atom. The van der Waals surface area contributed by atoms with Crippen molar-refractivity contribution in [3.05, 3.63) is 117 Å². The lowest BCUT2D eigenvalue weighted by atomic mass is 9.83. The van der Waals surface area contributed by atoms with Gasteiger partial charge in [0.1, 0.15) is 24.0 Å². The molecule has 60 heavy (non-hydrogen) atoms. The second-order valence-electron chi connectivity index (χ2n) is 16.5. The Kier molecular flexibility index (Phi) is 11.2. The fourth-order valence-corrected chi connectivity index (χ4v) is 9.11. The van der Waals surface area contributed by atoms with Crippen LogP contribution in [0.4, 0.5) is 15.8 Å². The number of rotatable bonds is 12. The second-order valence-corrected chi connectivity index (χ2v) is 17.4. The summed E-state index contributed by atoms with van der Waals surface area (Å²) in [5, 5.41) is 35.9. The average molecular weight is 834 g/mol. The highest BCUT2D eigenvalue weighted by atomic mass is 32.1. The molecule has 2 aliphatic rings. The molecular weight excluding hydrogens is 786 g/mol. The van der Waals surface area contributed by atoms with Crippen LogP contribution in [0.25, 0.3) is 21.2 Å². The van der Waals surface area contributed by atoms with Crippen LogP contribution in [0.15, 0.2) is 77.3 Å². The molecule has 6 N–H and O–H groups in total. The SMILES string of the molecule is Cc1ncsc1-c1ccc(CNC(=O)[C@@H]2C[C@@H](O)CN2C(=O)C(NCCNc2ccc(C3Nc4cc(F)cc5c(=O)[nH]nc(c45)[C@@H]3c3ncnn3C)cc2)C(C)(C)C)cc1. The van der Waals surface area contributed by atoms with Gasteiger partial charge in [-0.2, -0.15) is 10.2 Å². The van der Waals surface area contributed by atoms with E-state index in [4.69, 9.17) is 0 Å². The number of hydrogen-bond acceptors (Lipinski definition) is 12. The maximum absolute atomic E-state index is 14.7. The fourth-order valence-electron chi connectivity index (χ4n) is 8.30. The lowest BCUT2D eigenvalue weighted by molar-refractivity contribution is -0.142. The Labute approximate surface area is 349 Å². The van der Waals surface area contributed by atoms with Crippen LogP contribution in [0.1, 0.15) is 67.5 Å². The van der Waals surface area contributed by atoms with Crippen molar-refractivity contribution < 1.29 is 19.1 Å². The number of carbonyl (C=O) groups excluding carboxylic acids is 2. The van der Waals surface area contributed by atoms with Gasteiger partial charge in [0.2, 0.25) is 11.8 Å². The summed E-state index contributed by atoms with van der Waals surface area (Å²) in [6, 6.07) is 16.5. The van der Waals surface area contributed by atoms with Crippen molar-refractivity contribution in [3.8, 4) is 10.4 Å². The largest absolute Gasteiger partial charge is 0.391 e. The lowest BCUT2D eigenvalue weighted by Gasteiger charge is -2.35. The Hall–Kier alpha value is -6.04. The molecule has 0 bridgehead atoms. The van der Waals surface area contributed by atoms with Crippen LogP contribution >= 0.6 is 11.3 Å². The van der Waals surface area contributed by atoms with Gasteiger partial charge in [-0.3, -0.25) is 19.1 Å². The highest BCUT2D eigenvalue weighted by Crippen LogP contribution is 2.46. The number of H-pyrrole nitrogens is 1. The number of aliphatic hydroxyl groups excluding tert-OH is 1. The van der Waals surface area contributed by atoms with Crippen LogP contribution < -0.4 is 26.8 Å². The number of likely N-dealkylation sites (tertiary alicyclic amines) is 1. The molecule has 1 fully saturated rings. The number of halogens is 1. The summed E-state index contributed by atoms with van der Waals surface area (Å²) in [5.74, 6) is -0.901. The van der Waals surface area contributed by atoms with Gasteiger partial charge < -0.3 is 31.3 Å². The minimum atomic E-state index is -0.804. The van der Waals surface area contributed by atoms with E-state index in [0.29, 0.717) is 42.2 Å². The third kappa shape index (κ3) is 8.11. The lowest BCUT2D eigenvalue weighted by Crippen LogP contribution is -2.57. The number of aromatic amines is 1. The monoisotopic (exact) mass is 833 g/mol. The molecule has 3 aromatic carbocycles. The number of anilines is 2. The first-order chi connectivity index (χ1) is 28.8. The zero-order chi connectivity index (χ0) is 42.3. The van der Waals surface area contributed by atoms with Crippen LogP contribution in [0.2, 0.25) is 0 Å². The normalized spacial score (nSPS) is 19.3. The van der Waals surface area contributed by atoms with E-state index in [1.807, 2.05) is 81.7 Å². The van der Waals surface area contributed by atoms with Gasteiger partial charge in [0.15, 0.2) is 0 Å². The number of benzene rings is 3. The minimum absolute atomic E-state index is 0.0791. The van der Waals surface area contributed by atoms with Gasteiger partial charge in [0.25, 0.3) is 5.56 Å². The second kappa shape index (κ2) is 16.5. The van der Waals surface area contributed by atoms with Crippen molar-refractivity contribution in [1.29, 1.82) is 0 Å². The van der Waals surface area contributed by atoms with E-state index in [9.17, 15) is 23.9 Å². The highest BCUT2D eigenvalue weighted by Gasteiger charge is 2.44. The molecule has 312 valence electrons. The van der Waals surface area contributed by atoms with E-state index >= 15 is 0 Å². The van der Waals surface area contributed by atoms with E-state index in [1.54, 1.807) is 23.1 Å². The summed E-state index contributed by atoms with van der Waals surface area (Å²) in [6.07, 6.45) is 0.827. The molecule has 2 unspecified atom stereocenters. The average Bonchev–Trinajstić information content (AvgIpc) is 3.96. The molecule has 5 atom stereocenters. The number of amides is 2. The number of nitrogens with one attached hydrogen (secondary N) is 5. The first-order valence-corrected chi connectivity index (χ1v) is 20.8. The van der Waals surface area contributed by atoms with Crippen molar-refractivity contribution in [3.63, 3.8) is 0 Å². The van der Waals surface area contributed by atoms with E-state index in [0.717, 1.165) is 32.9 Å². The summed E-state index contributed by atoms with van der Waals surface area (Å²) < 4.78 is 16.4. The van der Waals surface area contributed by atoms with Gasteiger partial charge >= 0.3 is 0 Å². The fraction of sp³-hybridized carbons (Fsp3) is 0.372. The number of aliphatic hydroxyl groups is 1. The van der Waals surface area contributed by atoms with Gasteiger partial charge in [-0.15, -0.1) is 11.3 Å². The van der Waals surface area contributed by atoms with Crippen molar-refractivity contribution in [2.45, 2.75) is 70.8 Å². The third-order valence-electron chi connectivity index (χ3n) is 11.3. The third-order valence-corrected chi connectivity index (χ3v) is 12.3. The summed E-state index contributed by atoms with van der Waals surface area (Å²) in [4.78, 5) is 51.8. The van der Waals surface area contributed by atoms with Crippen LogP contribution in [0, 0.1) is 18.2 Å². The minimum Gasteiger partial charge on any atom is -0.391 e. The van der Waals surface area contributed by atoms with E-state index < -0.39 is 46.9 Å². The number of nitrogens with zero attached hydrogens (tertiary/aromatic N) is 6. The first kappa shape index (κ1) is 40.7. The molecule has 8 rings (SSSR count). The van der Waals surface area contributed by atoms with Gasteiger partial charge in [-0.25, -0.2) is 19.5 Å². The zero-order valence-electron chi connectivity index (χ0n) is 34.0. The summed E-state index contributed by atoms with van der Waals surface area (Å²) in [6.45, 7) is 9.20. The topological polar surface area (TPSA) is 195 Å². The molecule has 2 aliphatic heterocycles. The molecule has 3 aromatic heterocycles. The Bertz CT molecular complexity index is 2590. The molecule has 15 nitrogen and oxygen atoms in total. The van der Waals surface area contributed by atoms with Gasteiger partial charge in [-0.1, -0.05) is 57.2 Å².